The third-order valence-electron chi connectivity index (χ3n) is 2.41. The molecule has 1 rings (SSSR count). The molecule has 116 valence electrons. The fourth-order valence-corrected chi connectivity index (χ4v) is 2.62. The van der Waals surface area contributed by atoms with Gasteiger partial charge < -0.3 is 14.9 Å². The second-order valence-corrected chi connectivity index (χ2v) is 5.62. The molecule has 0 spiro atoms. The molecule has 0 heterocycles. The van der Waals surface area contributed by atoms with Gasteiger partial charge in [0.1, 0.15) is 6.04 Å². The topological polar surface area (TPSA) is 130 Å². The molecule has 0 aliphatic carbocycles. The number of carboxylic acid groups (broad SMARTS) is 2. The van der Waals surface area contributed by atoms with E-state index in [1.54, 1.807) is 4.72 Å². The molecule has 21 heavy (non-hydrogen) atoms. The van der Waals surface area contributed by atoms with Crippen LogP contribution in [0.1, 0.15) is 6.42 Å². The standard InChI is InChI=1S/C11H12FNO7S/c1-20-9-3-2-6(4-7(9)12)21(18,19)13-8(11(16)17)5-10(14)15/h2-4,8,13H,5H2,1H3,(H,14,15)(H,16,17)/t8-/m1/s1. The minimum absolute atomic E-state index is 0.186. The Bertz CT molecular complexity index is 659. The first-order valence-electron chi connectivity index (χ1n) is 5.48. The van der Waals surface area contributed by atoms with E-state index in [1.165, 1.54) is 7.11 Å². The second kappa shape index (κ2) is 6.50. The Morgan fingerprint density at radius 3 is 2.43 bits per heavy atom. The molecule has 0 bridgehead atoms. The molecule has 8 nitrogen and oxygen atoms in total. The number of carbonyl (C=O) groups is 2. The number of carboxylic acids is 2. The zero-order chi connectivity index (χ0) is 16.2. The number of aliphatic carboxylic acids is 2. The number of ether oxygens (including phenoxy) is 1. The van der Waals surface area contributed by atoms with E-state index in [-0.39, 0.29) is 5.75 Å². The number of rotatable bonds is 7. The summed E-state index contributed by atoms with van der Waals surface area (Å²) in [6.07, 6.45) is -0.951. The fraction of sp³-hybridized carbons (Fsp3) is 0.273. The number of hydrogen-bond donors (Lipinski definition) is 3. The average molecular weight is 321 g/mol. The summed E-state index contributed by atoms with van der Waals surface area (Å²) in [6, 6.07) is 0.833. The molecule has 0 fully saturated rings. The van der Waals surface area contributed by atoms with Gasteiger partial charge in [-0.25, -0.2) is 12.8 Å². The van der Waals surface area contributed by atoms with Gasteiger partial charge in [-0.15, -0.1) is 0 Å². The smallest absolute Gasteiger partial charge is 0.322 e. The minimum Gasteiger partial charge on any atom is -0.494 e. The largest absolute Gasteiger partial charge is 0.494 e. The lowest BCUT2D eigenvalue weighted by molar-refractivity contribution is -0.145. The molecule has 10 heteroatoms. The van der Waals surface area contributed by atoms with Gasteiger partial charge in [0.15, 0.2) is 11.6 Å². The number of nitrogens with one attached hydrogen (secondary N) is 1. The summed E-state index contributed by atoms with van der Waals surface area (Å²) in [5.41, 5.74) is 0. The van der Waals surface area contributed by atoms with Crippen molar-refractivity contribution < 1.29 is 37.3 Å². The maximum atomic E-state index is 13.5. The summed E-state index contributed by atoms with van der Waals surface area (Å²) in [5, 5.41) is 17.3. The lowest BCUT2D eigenvalue weighted by Gasteiger charge is -2.13. The van der Waals surface area contributed by atoms with Gasteiger partial charge in [-0.05, 0) is 18.2 Å². The van der Waals surface area contributed by atoms with Gasteiger partial charge in [-0.2, -0.15) is 4.72 Å². The van der Waals surface area contributed by atoms with Crippen LogP contribution in [-0.4, -0.2) is 43.7 Å². The van der Waals surface area contributed by atoms with Crippen LogP contribution in [0.15, 0.2) is 23.1 Å². The first-order valence-corrected chi connectivity index (χ1v) is 6.96. The lowest BCUT2D eigenvalue weighted by atomic mass is 10.2. The van der Waals surface area contributed by atoms with Gasteiger partial charge in [0.2, 0.25) is 10.0 Å². The minimum atomic E-state index is -4.39. The molecule has 0 saturated heterocycles. The van der Waals surface area contributed by atoms with E-state index < -0.39 is 45.1 Å². The van der Waals surface area contributed by atoms with Crippen molar-refractivity contribution in [2.45, 2.75) is 17.4 Å². The van der Waals surface area contributed by atoms with E-state index in [1.807, 2.05) is 0 Å². The van der Waals surface area contributed by atoms with Crippen LogP contribution >= 0.6 is 0 Å². The Kier molecular flexibility index (Phi) is 5.22. The molecule has 0 aliphatic rings. The van der Waals surface area contributed by atoms with Crippen LogP contribution in [0.5, 0.6) is 5.75 Å². The van der Waals surface area contributed by atoms with Gasteiger partial charge in [0, 0.05) is 0 Å². The van der Waals surface area contributed by atoms with Gasteiger partial charge in [0.25, 0.3) is 0 Å². The molecule has 1 aromatic rings. The van der Waals surface area contributed by atoms with Crippen molar-refractivity contribution in [2.24, 2.45) is 0 Å². The van der Waals surface area contributed by atoms with Crippen molar-refractivity contribution in [1.29, 1.82) is 0 Å². The maximum absolute atomic E-state index is 13.5. The van der Waals surface area contributed by atoms with Crippen LogP contribution in [0.3, 0.4) is 0 Å². The number of benzene rings is 1. The normalized spacial score (nSPS) is 12.7. The summed E-state index contributed by atoms with van der Waals surface area (Å²) in [7, 11) is -3.19. The monoisotopic (exact) mass is 321 g/mol. The Morgan fingerprint density at radius 2 is 2.00 bits per heavy atom. The molecule has 0 aliphatic heterocycles. The summed E-state index contributed by atoms with van der Waals surface area (Å²) >= 11 is 0. The van der Waals surface area contributed by atoms with Crippen LogP contribution in [-0.2, 0) is 19.6 Å². The molecule has 0 aromatic heterocycles. The predicted octanol–water partition coefficient (Wildman–Crippen LogP) is 0.0405. The highest BCUT2D eigenvalue weighted by molar-refractivity contribution is 7.89. The highest BCUT2D eigenvalue weighted by Crippen LogP contribution is 2.20. The van der Waals surface area contributed by atoms with Crippen molar-refractivity contribution in [3.05, 3.63) is 24.0 Å². The maximum Gasteiger partial charge on any atom is 0.322 e. The number of sulfonamides is 1. The third kappa shape index (κ3) is 4.39. The lowest BCUT2D eigenvalue weighted by Crippen LogP contribution is -2.42. The summed E-state index contributed by atoms with van der Waals surface area (Å²) < 4.78 is 43.6. The SMILES string of the molecule is COc1ccc(S(=O)(=O)N[C@H](CC(=O)O)C(=O)O)cc1F. The Balaban J connectivity index is 3.07. The summed E-state index contributed by atoms with van der Waals surface area (Å²) in [4.78, 5) is 20.8. The summed E-state index contributed by atoms with van der Waals surface area (Å²) in [5.74, 6) is -4.29. The number of methoxy groups -OCH3 is 1. The average Bonchev–Trinajstić information content (AvgIpc) is 2.36. The van der Waals surface area contributed by atoms with Crippen LogP contribution in [0.4, 0.5) is 4.39 Å². The van der Waals surface area contributed by atoms with Crippen molar-refractivity contribution in [3.8, 4) is 5.75 Å². The molecular formula is C11H12FNO7S. The van der Waals surface area contributed by atoms with Crippen LogP contribution in [0, 0.1) is 5.82 Å². The van der Waals surface area contributed by atoms with Crippen LogP contribution < -0.4 is 9.46 Å². The van der Waals surface area contributed by atoms with Gasteiger partial charge in [-0.3, -0.25) is 9.59 Å². The molecule has 1 aromatic carbocycles. The number of hydrogen-bond acceptors (Lipinski definition) is 5. The Labute approximate surface area is 119 Å². The van der Waals surface area contributed by atoms with E-state index in [0.29, 0.717) is 6.07 Å². The van der Waals surface area contributed by atoms with Gasteiger partial charge >= 0.3 is 11.9 Å². The Hall–Kier alpha value is -2.20. The predicted molar refractivity (Wildman–Crippen MR) is 67.0 cm³/mol. The first kappa shape index (κ1) is 16.9. The van der Waals surface area contributed by atoms with E-state index in [2.05, 4.69) is 4.74 Å². The van der Waals surface area contributed by atoms with E-state index in [0.717, 1.165) is 12.1 Å². The van der Waals surface area contributed by atoms with E-state index in [4.69, 9.17) is 10.2 Å². The van der Waals surface area contributed by atoms with E-state index in [9.17, 15) is 22.4 Å². The summed E-state index contributed by atoms with van der Waals surface area (Å²) in [6.45, 7) is 0. The number of halogens is 1. The molecule has 3 N–H and O–H groups in total. The molecule has 1 atom stereocenters. The molecule has 0 saturated carbocycles. The second-order valence-electron chi connectivity index (χ2n) is 3.91. The molecule has 0 amide bonds. The third-order valence-corrected chi connectivity index (χ3v) is 3.88. The van der Waals surface area contributed by atoms with Gasteiger partial charge in [0.05, 0.1) is 18.4 Å². The van der Waals surface area contributed by atoms with Crippen LogP contribution in [0.25, 0.3) is 0 Å². The zero-order valence-electron chi connectivity index (χ0n) is 10.7. The highest BCUT2D eigenvalue weighted by atomic mass is 32.2. The highest BCUT2D eigenvalue weighted by Gasteiger charge is 2.28. The van der Waals surface area contributed by atoms with Crippen molar-refractivity contribution in [1.82, 2.24) is 4.72 Å². The first-order chi connectivity index (χ1) is 9.67. The molecule has 0 radical (unpaired) electrons. The fourth-order valence-electron chi connectivity index (χ4n) is 1.42. The van der Waals surface area contributed by atoms with Gasteiger partial charge in [-0.1, -0.05) is 0 Å². The van der Waals surface area contributed by atoms with Crippen molar-refractivity contribution in [3.63, 3.8) is 0 Å². The van der Waals surface area contributed by atoms with E-state index >= 15 is 0 Å². The van der Waals surface area contributed by atoms with Crippen molar-refractivity contribution in [2.75, 3.05) is 7.11 Å². The molecule has 0 unspecified atom stereocenters. The quantitative estimate of drug-likeness (QED) is 0.646. The van der Waals surface area contributed by atoms with Crippen LogP contribution in [0.2, 0.25) is 0 Å². The molecular weight excluding hydrogens is 309 g/mol. The zero-order valence-corrected chi connectivity index (χ0v) is 11.6. The van der Waals surface area contributed by atoms with Crippen molar-refractivity contribution >= 4 is 22.0 Å². The Morgan fingerprint density at radius 1 is 1.38 bits per heavy atom.